The third-order valence-corrected chi connectivity index (χ3v) is 4.49. The van der Waals surface area contributed by atoms with Crippen LogP contribution in [0.25, 0.3) is 0 Å². The van der Waals surface area contributed by atoms with Gasteiger partial charge in [0.25, 0.3) is 0 Å². The Morgan fingerprint density at radius 3 is 2.88 bits per heavy atom. The molecule has 3 heteroatoms. The van der Waals surface area contributed by atoms with Crippen molar-refractivity contribution in [1.82, 2.24) is 0 Å². The molecule has 1 saturated carbocycles. The number of ether oxygens (including phenoxy) is 1. The summed E-state index contributed by atoms with van der Waals surface area (Å²) in [4.78, 5) is 24.0. The normalized spacial score (nSPS) is 37.1. The van der Waals surface area contributed by atoms with Crippen molar-refractivity contribution in [2.24, 2.45) is 17.3 Å². The average molecular weight is 236 g/mol. The number of carbonyl (C=O) groups is 2. The summed E-state index contributed by atoms with van der Waals surface area (Å²) < 4.78 is 4.89. The van der Waals surface area contributed by atoms with E-state index >= 15 is 0 Å². The molecule has 0 radical (unpaired) electrons. The molecule has 3 nitrogen and oxygen atoms in total. The molecule has 0 spiro atoms. The van der Waals surface area contributed by atoms with Gasteiger partial charge in [0.15, 0.2) is 0 Å². The molecular weight excluding hydrogens is 216 g/mol. The molecular formula is C14H20O3. The van der Waals surface area contributed by atoms with Crippen LogP contribution in [0, 0.1) is 17.3 Å². The Kier molecular flexibility index (Phi) is 3.11. The summed E-state index contributed by atoms with van der Waals surface area (Å²) in [6.45, 7) is 4.07. The number of ketones is 1. The van der Waals surface area contributed by atoms with Gasteiger partial charge in [0.05, 0.1) is 13.0 Å². The predicted octanol–water partition coefficient (Wildman–Crippen LogP) is 2.50. The molecule has 0 aromatic heterocycles. The average Bonchev–Trinajstić information content (AvgIpc) is 2.49. The number of Topliss-reactive ketones (excluding diaryl/α,β-unsaturated/α-hetero) is 1. The smallest absolute Gasteiger partial charge is 0.309 e. The lowest BCUT2D eigenvalue weighted by Crippen LogP contribution is -2.36. The molecule has 0 bridgehead atoms. The van der Waals surface area contributed by atoms with E-state index in [-0.39, 0.29) is 23.2 Å². The van der Waals surface area contributed by atoms with Gasteiger partial charge in [0, 0.05) is 11.8 Å². The number of rotatable bonds is 1. The first-order chi connectivity index (χ1) is 7.99. The second-order valence-electron chi connectivity index (χ2n) is 5.58. The highest BCUT2D eigenvalue weighted by Crippen LogP contribution is 2.51. The van der Waals surface area contributed by atoms with E-state index in [0.29, 0.717) is 18.6 Å². The Labute approximate surface area is 102 Å². The molecule has 94 valence electrons. The SMILES string of the molecule is COC(=O)[C@@H]1CC=C(C)C[C@@]2(C)C(=O)CC[C@H]12. The van der Waals surface area contributed by atoms with Crippen molar-refractivity contribution >= 4 is 11.8 Å². The van der Waals surface area contributed by atoms with Crippen molar-refractivity contribution < 1.29 is 14.3 Å². The number of allylic oxidation sites excluding steroid dienone is 2. The van der Waals surface area contributed by atoms with Gasteiger partial charge >= 0.3 is 5.97 Å². The Morgan fingerprint density at radius 1 is 1.53 bits per heavy atom. The highest BCUT2D eigenvalue weighted by atomic mass is 16.5. The Balaban J connectivity index is 2.37. The van der Waals surface area contributed by atoms with Gasteiger partial charge in [-0.1, -0.05) is 18.6 Å². The monoisotopic (exact) mass is 236 g/mol. The maximum absolute atomic E-state index is 12.1. The second kappa shape index (κ2) is 4.28. The van der Waals surface area contributed by atoms with Crippen LogP contribution >= 0.6 is 0 Å². The van der Waals surface area contributed by atoms with Gasteiger partial charge in [-0.15, -0.1) is 0 Å². The fourth-order valence-corrected chi connectivity index (χ4v) is 3.53. The highest BCUT2D eigenvalue weighted by molar-refractivity contribution is 5.88. The third kappa shape index (κ3) is 1.92. The van der Waals surface area contributed by atoms with Gasteiger partial charge in [-0.05, 0) is 32.1 Å². The van der Waals surface area contributed by atoms with Gasteiger partial charge in [-0.3, -0.25) is 9.59 Å². The molecule has 0 saturated heterocycles. The van der Waals surface area contributed by atoms with Gasteiger partial charge < -0.3 is 4.74 Å². The molecule has 2 rings (SSSR count). The minimum absolute atomic E-state index is 0.145. The van der Waals surface area contributed by atoms with E-state index < -0.39 is 0 Å². The van der Waals surface area contributed by atoms with Crippen molar-refractivity contribution in [3.63, 3.8) is 0 Å². The van der Waals surface area contributed by atoms with Crippen molar-refractivity contribution in [1.29, 1.82) is 0 Å². The second-order valence-corrected chi connectivity index (χ2v) is 5.58. The van der Waals surface area contributed by atoms with Crippen LogP contribution in [-0.4, -0.2) is 18.9 Å². The quantitative estimate of drug-likeness (QED) is 0.519. The summed E-state index contributed by atoms with van der Waals surface area (Å²) in [5.74, 6) is 0.151. The van der Waals surface area contributed by atoms with Crippen LogP contribution < -0.4 is 0 Å². The predicted molar refractivity (Wildman–Crippen MR) is 64.3 cm³/mol. The summed E-state index contributed by atoms with van der Waals surface area (Å²) in [7, 11) is 1.43. The van der Waals surface area contributed by atoms with Gasteiger partial charge in [0.2, 0.25) is 0 Å². The molecule has 0 aromatic rings. The Morgan fingerprint density at radius 2 is 2.24 bits per heavy atom. The summed E-state index contributed by atoms with van der Waals surface area (Å²) >= 11 is 0. The largest absolute Gasteiger partial charge is 0.469 e. The van der Waals surface area contributed by atoms with E-state index in [9.17, 15) is 9.59 Å². The fourth-order valence-electron chi connectivity index (χ4n) is 3.53. The summed E-state index contributed by atoms with van der Waals surface area (Å²) in [5, 5.41) is 0. The lowest BCUT2D eigenvalue weighted by Gasteiger charge is -2.32. The fraction of sp³-hybridized carbons (Fsp3) is 0.714. The van der Waals surface area contributed by atoms with Crippen molar-refractivity contribution in [2.75, 3.05) is 7.11 Å². The van der Waals surface area contributed by atoms with E-state index in [1.54, 1.807) is 0 Å². The maximum Gasteiger partial charge on any atom is 0.309 e. The highest BCUT2D eigenvalue weighted by Gasteiger charge is 2.51. The standard InChI is InChI=1S/C14H20O3/c1-9-4-5-10(13(16)17-3)11-6-7-12(15)14(11,2)8-9/h4,10-11H,5-8H2,1-3H3/t10-,11-,14-/m1/s1. The minimum Gasteiger partial charge on any atom is -0.469 e. The molecule has 0 aromatic carbocycles. The summed E-state index contributed by atoms with van der Waals surface area (Å²) in [6, 6.07) is 0. The van der Waals surface area contributed by atoms with Crippen molar-refractivity contribution in [3.05, 3.63) is 11.6 Å². The van der Waals surface area contributed by atoms with E-state index in [2.05, 4.69) is 6.08 Å². The lowest BCUT2D eigenvalue weighted by atomic mass is 9.70. The van der Waals surface area contributed by atoms with Crippen LogP contribution in [0.3, 0.4) is 0 Å². The first kappa shape index (κ1) is 12.3. The minimum atomic E-state index is -0.351. The summed E-state index contributed by atoms with van der Waals surface area (Å²) in [6.07, 6.45) is 5.05. The number of carbonyl (C=O) groups excluding carboxylic acids is 2. The first-order valence-corrected chi connectivity index (χ1v) is 6.26. The molecule has 0 aliphatic heterocycles. The molecule has 2 aliphatic rings. The third-order valence-electron chi connectivity index (χ3n) is 4.49. The van der Waals surface area contributed by atoms with Crippen LogP contribution in [0.4, 0.5) is 0 Å². The Hall–Kier alpha value is -1.12. The van der Waals surface area contributed by atoms with Gasteiger partial charge in [-0.25, -0.2) is 0 Å². The van der Waals surface area contributed by atoms with Gasteiger partial charge in [0.1, 0.15) is 5.78 Å². The topological polar surface area (TPSA) is 43.4 Å². The zero-order chi connectivity index (χ0) is 12.6. The van der Waals surface area contributed by atoms with Crippen LogP contribution in [0.2, 0.25) is 0 Å². The van der Waals surface area contributed by atoms with E-state index in [0.717, 1.165) is 12.8 Å². The molecule has 2 aliphatic carbocycles. The number of hydrogen-bond donors (Lipinski definition) is 0. The molecule has 17 heavy (non-hydrogen) atoms. The van der Waals surface area contributed by atoms with E-state index in [4.69, 9.17) is 4.74 Å². The van der Waals surface area contributed by atoms with Crippen molar-refractivity contribution in [3.8, 4) is 0 Å². The van der Waals surface area contributed by atoms with Crippen molar-refractivity contribution in [2.45, 2.75) is 39.5 Å². The zero-order valence-corrected chi connectivity index (χ0v) is 10.8. The molecule has 0 amide bonds. The molecule has 0 N–H and O–H groups in total. The maximum atomic E-state index is 12.1. The van der Waals surface area contributed by atoms with Crippen LogP contribution in [-0.2, 0) is 14.3 Å². The molecule has 1 fully saturated rings. The number of esters is 1. The van der Waals surface area contributed by atoms with Crippen LogP contribution in [0.1, 0.15) is 39.5 Å². The summed E-state index contributed by atoms with van der Waals surface area (Å²) in [5.41, 5.74) is 0.870. The van der Waals surface area contributed by atoms with E-state index in [1.807, 2.05) is 13.8 Å². The van der Waals surface area contributed by atoms with E-state index in [1.165, 1.54) is 12.7 Å². The van der Waals surface area contributed by atoms with Crippen LogP contribution in [0.15, 0.2) is 11.6 Å². The lowest BCUT2D eigenvalue weighted by molar-refractivity contribution is -0.149. The Bertz CT molecular complexity index is 383. The molecule has 0 heterocycles. The number of methoxy groups -OCH3 is 1. The molecule has 0 unspecified atom stereocenters. The van der Waals surface area contributed by atoms with Gasteiger partial charge in [-0.2, -0.15) is 0 Å². The first-order valence-electron chi connectivity index (χ1n) is 6.26. The molecule has 3 atom stereocenters. The zero-order valence-electron chi connectivity index (χ0n) is 10.8. The van der Waals surface area contributed by atoms with Crippen LogP contribution in [0.5, 0.6) is 0 Å². The number of hydrogen-bond acceptors (Lipinski definition) is 3. The number of fused-ring (bicyclic) bond motifs is 1.